The molecule has 1 fully saturated rings. The van der Waals surface area contributed by atoms with E-state index in [1.54, 1.807) is 12.3 Å². The Bertz CT molecular complexity index is 854. The molecule has 1 amide bonds. The van der Waals surface area contributed by atoms with Crippen molar-refractivity contribution in [2.24, 2.45) is 0 Å². The number of anilines is 1. The van der Waals surface area contributed by atoms with Crippen LogP contribution in [-0.4, -0.2) is 16.1 Å². The number of hydrazine groups is 3. The van der Waals surface area contributed by atoms with Gasteiger partial charge in [0.15, 0.2) is 0 Å². The van der Waals surface area contributed by atoms with Crippen LogP contribution >= 0.6 is 0 Å². The maximum Gasteiger partial charge on any atom is 0.255 e. The van der Waals surface area contributed by atoms with E-state index in [1.807, 2.05) is 36.4 Å². The van der Waals surface area contributed by atoms with Gasteiger partial charge in [-0.1, -0.05) is 12.1 Å². The van der Waals surface area contributed by atoms with E-state index in [-0.39, 0.29) is 12.1 Å². The lowest BCUT2D eigenvalue weighted by atomic mass is 10.1. The molecule has 2 heterocycles. The van der Waals surface area contributed by atoms with Crippen LogP contribution in [0.15, 0.2) is 48.7 Å². The number of amides is 1. The van der Waals surface area contributed by atoms with Crippen LogP contribution in [0.3, 0.4) is 0 Å². The first kappa shape index (κ1) is 13.9. The molecule has 1 aliphatic heterocycles. The van der Waals surface area contributed by atoms with Crippen molar-refractivity contribution in [2.45, 2.75) is 6.17 Å². The largest absolute Gasteiger partial charge is 0.322 e. The quantitative estimate of drug-likeness (QED) is 0.430. The first-order chi connectivity index (χ1) is 11.3. The molecular weight excluding hydrogens is 294 g/mol. The molecule has 2 aromatic carbocycles. The highest BCUT2D eigenvalue weighted by atomic mass is 16.1. The molecule has 1 saturated heterocycles. The van der Waals surface area contributed by atoms with Gasteiger partial charge < -0.3 is 5.32 Å². The SMILES string of the molecule is O=C(Nc1cccc(C2NNNN2)c1)c1ccc2[nH]ncc2c1. The van der Waals surface area contributed by atoms with Crippen LogP contribution in [0.4, 0.5) is 5.69 Å². The number of nitrogens with zero attached hydrogens (tertiary/aromatic N) is 1. The van der Waals surface area contributed by atoms with Crippen molar-refractivity contribution < 1.29 is 4.79 Å². The third-order valence-corrected chi connectivity index (χ3v) is 3.68. The molecule has 23 heavy (non-hydrogen) atoms. The Kier molecular flexibility index (Phi) is 3.48. The number of hydrogen-bond donors (Lipinski definition) is 6. The van der Waals surface area contributed by atoms with Crippen LogP contribution in [0, 0.1) is 0 Å². The van der Waals surface area contributed by atoms with E-state index in [9.17, 15) is 4.79 Å². The molecule has 1 aliphatic rings. The molecule has 1 aromatic heterocycles. The van der Waals surface area contributed by atoms with Gasteiger partial charge in [0.1, 0.15) is 6.17 Å². The third-order valence-electron chi connectivity index (χ3n) is 3.68. The standard InChI is InChI=1S/C15H15N7O/c23-15(10-4-5-13-11(6-10)8-16-18-13)17-12-3-1-2-9(7-12)14-19-21-22-20-14/h1-8,14,19-22H,(H,16,18)(H,17,23). The fourth-order valence-corrected chi connectivity index (χ4v) is 2.50. The number of carbonyl (C=O) groups is 1. The monoisotopic (exact) mass is 309 g/mol. The topological polar surface area (TPSA) is 106 Å². The lowest BCUT2D eigenvalue weighted by Crippen LogP contribution is -2.33. The molecule has 0 radical (unpaired) electrons. The van der Waals surface area contributed by atoms with Gasteiger partial charge in [-0.25, -0.2) is 10.9 Å². The number of aromatic amines is 1. The lowest BCUT2D eigenvalue weighted by molar-refractivity contribution is 0.102. The van der Waals surface area contributed by atoms with E-state index in [0.717, 1.165) is 22.2 Å². The maximum absolute atomic E-state index is 12.4. The maximum atomic E-state index is 12.4. The second kappa shape index (κ2) is 5.78. The average Bonchev–Trinajstić information content (AvgIpc) is 3.26. The molecule has 4 rings (SSSR count). The summed E-state index contributed by atoms with van der Waals surface area (Å²) >= 11 is 0. The molecular formula is C15H15N7O. The molecule has 3 aromatic rings. The molecule has 0 unspecified atom stereocenters. The highest BCUT2D eigenvalue weighted by Crippen LogP contribution is 2.18. The van der Waals surface area contributed by atoms with Crippen molar-refractivity contribution in [2.75, 3.05) is 5.32 Å². The van der Waals surface area contributed by atoms with Crippen molar-refractivity contribution in [3.8, 4) is 0 Å². The zero-order chi connectivity index (χ0) is 15.6. The fourth-order valence-electron chi connectivity index (χ4n) is 2.50. The number of carbonyl (C=O) groups excluding carboxylic acids is 1. The molecule has 0 saturated carbocycles. The van der Waals surface area contributed by atoms with Crippen LogP contribution in [0.1, 0.15) is 22.1 Å². The van der Waals surface area contributed by atoms with E-state index < -0.39 is 0 Å². The smallest absolute Gasteiger partial charge is 0.255 e. The number of fused-ring (bicyclic) bond motifs is 1. The van der Waals surface area contributed by atoms with Gasteiger partial charge in [0.05, 0.1) is 11.7 Å². The molecule has 8 nitrogen and oxygen atoms in total. The predicted octanol–water partition coefficient (Wildman–Crippen LogP) is 0.931. The van der Waals surface area contributed by atoms with E-state index in [0.29, 0.717) is 5.56 Å². The van der Waals surface area contributed by atoms with Gasteiger partial charge in [-0.05, 0) is 35.9 Å². The zero-order valence-electron chi connectivity index (χ0n) is 12.1. The number of H-pyrrole nitrogens is 1. The summed E-state index contributed by atoms with van der Waals surface area (Å²) in [6, 6.07) is 13.1. The fraction of sp³-hybridized carbons (Fsp3) is 0.0667. The Morgan fingerprint density at radius 1 is 1.09 bits per heavy atom. The van der Waals surface area contributed by atoms with Crippen molar-refractivity contribution >= 4 is 22.5 Å². The minimum atomic E-state index is -0.158. The zero-order valence-corrected chi connectivity index (χ0v) is 12.1. The van der Waals surface area contributed by atoms with Crippen molar-refractivity contribution in [3.63, 3.8) is 0 Å². The number of rotatable bonds is 3. The molecule has 8 heteroatoms. The summed E-state index contributed by atoms with van der Waals surface area (Å²) in [5, 5.41) is 10.6. The normalized spacial score (nSPS) is 15.1. The molecule has 116 valence electrons. The first-order valence-electron chi connectivity index (χ1n) is 7.15. The summed E-state index contributed by atoms with van der Waals surface area (Å²) in [7, 11) is 0. The first-order valence-corrected chi connectivity index (χ1v) is 7.15. The van der Waals surface area contributed by atoms with Crippen LogP contribution in [0.25, 0.3) is 10.9 Å². The third kappa shape index (κ3) is 2.79. The van der Waals surface area contributed by atoms with E-state index in [2.05, 4.69) is 37.4 Å². The number of hydrogen-bond acceptors (Lipinski definition) is 6. The highest BCUT2D eigenvalue weighted by molar-refractivity contribution is 6.06. The number of nitrogens with one attached hydrogen (secondary N) is 6. The minimum absolute atomic E-state index is 0.0749. The predicted molar refractivity (Wildman–Crippen MR) is 85.8 cm³/mol. The van der Waals surface area contributed by atoms with Gasteiger partial charge in [-0.3, -0.25) is 9.89 Å². The van der Waals surface area contributed by atoms with Gasteiger partial charge in [0.2, 0.25) is 0 Å². The van der Waals surface area contributed by atoms with Gasteiger partial charge in [0.25, 0.3) is 5.91 Å². The Morgan fingerprint density at radius 2 is 1.96 bits per heavy atom. The van der Waals surface area contributed by atoms with Crippen LogP contribution in [0.2, 0.25) is 0 Å². The molecule has 0 atom stereocenters. The van der Waals surface area contributed by atoms with Crippen LogP contribution < -0.4 is 27.2 Å². The summed E-state index contributed by atoms with van der Waals surface area (Å²) in [6.45, 7) is 0. The molecule has 0 spiro atoms. The summed E-state index contributed by atoms with van der Waals surface area (Å²) in [5.41, 5.74) is 14.8. The van der Waals surface area contributed by atoms with Crippen LogP contribution in [0.5, 0.6) is 0 Å². The Hall–Kier alpha value is -2.78. The van der Waals surface area contributed by atoms with E-state index in [4.69, 9.17) is 0 Å². The van der Waals surface area contributed by atoms with Crippen molar-refractivity contribution in [1.29, 1.82) is 0 Å². The number of benzene rings is 2. The highest BCUT2D eigenvalue weighted by Gasteiger charge is 2.15. The van der Waals surface area contributed by atoms with Gasteiger partial charge >= 0.3 is 0 Å². The summed E-state index contributed by atoms with van der Waals surface area (Å²) < 4.78 is 0. The second-order valence-electron chi connectivity index (χ2n) is 5.22. The second-order valence-corrected chi connectivity index (χ2v) is 5.22. The Balaban J connectivity index is 1.54. The summed E-state index contributed by atoms with van der Waals surface area (Å²) in [4.78, 5) is 12.4. The summed E-state index contributed by atoms with van der Waals surface area (Å²) in [5.74, 6) is -0.158. The van der Waals surface area contributed by atoms with Gasteiger partial charge in [-0.2, -0.15) is 16.2 Å². The Labute approximate surface area is 131 Å². The lowest BCUT2D eigenvalue weighted by Gasteiger charge is -2.11. The number of aromatic nitrogens is 2. The average molecular weight is 309 g/mol. The Morgan fingerprint density at radius 3 is 2.83 bits per heavy atom. The van der Waals surface area contributed by atoms with Crippen molar-refractivity contribution in [1.82, 2.24) is 32.1 Å². The molecule has 0 aliphatic carbocycles. The molecule has 0 bridgehead atoms. The minimum Gasteiger partial charge on any atom is -0.322 e. The van der Waals surface area contributed by atoms with Gasteiger partial charge in [-0.15, -0.1) is 0 Å². The summed E-state index contributed by atoms with van der Waals surface area (Å²) in [6.07, 6.45) is 1.62. The van der Waals surface area contributed by atoms with E-state index in [1.165, 1.54) is 0 Å². The van der Waals surface area contributed by atoms with Crippen LogP contribution in [-0.2, 0) is 0 Å². The molecule has 6 N–H and O–H groups in total. The van der Waals surface area contributed by atoms with Gasteiger partial charge in [0, 0.05) is 16.6 Å². The van der Waals surface area contributed by atoms with E-state index >= 15 is 0 Å². The van der Waals surface area contributed by atoms with Crippen molar-refractivity contribution in [3.05, 3.63) is 59.8 Å².